The summed E-state index contributed by atoms with van der Waals surface area (Å²) in [6, 6.07) is 13.5. The van der Waals surface area contributed by atoms with Crippen LogP contribution in [0.5, 0.6) is 5.75 Å². The lowest BCUT2D eigenvalue weighted by molar-refractivity contribution is -0.115. The number of carbonyl (C=O) groups excluding carboxylic acids is 1. The number of hydrogen-bond donors (Lipinski definition) is 2. The lowest BCUT2D eigenvalue weighted by atomic mass is 9.96. The van der Waals surface area contributed by atoms with Crippen molar-refractivity contribution in [2.24, 2.45) is 0 Å². The number of ether oxygens (including phenoxy) is 1. The molecule has 8 nitrogen and oxygen atoms in total. The highest BCUT2D eigenvalue weighted by atomic mass is 32.1. The number of hydrogen-bond acceptors (Lipinski definition) is 6. The average Bonchev–Trinajstić information content (AvgIpc) is 3.62. The molecule has 1 aliphatic heterocycles. The van der Waals surface area contributed by atoms with Crippen LogP contribution in [0.2, 0.25) is 0 Å². The van der Waals surface area contributed by atoms with Gasteiger partial charge in [-0.2, -0.15) is 0 Å². The van der Waals surface area contributed by atoms with Gasteiger partial charge < -0.3 is 20.3 Å². The minimum Gasteiger partial charge on any atom is -0.494 e. The summed E-state index contributed by atoms with van der Waals surface area (Å²) in [4.78, 5) is 23.3. The number of rotatable bonds is 7. The molecule has 1 aliphatic rings. The number of pyridine rings is 1. The molecule has 0 unspecified atom stereocenters. The van der Waals surface area contributed by atoms with Gasteiger partial charge in [-0.1, -0.05) is 13.0 Å². The number of aromatic nitrogens is 3. The second-order valence-electron chi connectivity index (χ2n) is 8.76. The van der Waals surface area contributed by atoms with Crippen LogP contribution >= 0.6 is 23.6 Å². The molecule has 190 valence electrons. The lowest BCUT2D eigenvalue weighted by Crippen LogP contribution is -2.29. The van der Waals surface area contributed by atoms with Crippen molar-refractivity contribution in [3.05, 3.63) is 82.9 Å². The molecule has 3 aromatic heterocycles. The van der Waals surface area contributed by atoms with E-state index < -0.39 is 0 Å². The number of benzene rings is 1. The molecule has 1 amide bonds. The molecule has 5 rings (SSSR count). The quantitative estimate of drug-likeness (QED) is 0.305. The van der Waals surface area contributed by atoms with Crippen LogP contribution in [0.1, 0.15) is 48.1 Å². The zero-order valence-electron chi connectivity index (χ0n) is 21.1. The van der Waals surface area contributed by atoms with Gasteiger partial charge in [0.15, 0.2) is 10.2 Å². The van der Waals surface area contributed by atoms with E-state index in [1.807, 2.05) is 54.9 Å². The van der Waals surface area contributed by atoms with E-state index in [4.69, 9.17) is 17.0 Å². The third-order valence-corrected chi connectivity index (χ3v) is 7.63. The van der Waals surface area contributed by atoms with Gasteiger partial charge in [0.05, 0.1) is 30.6 Å². The predicted octanol–water partition coefficient (Wildman–Crippen LogP) is 5.48. The van der Waals surface area contributed by atoms with Crippen LogP contribution in [-0.4, -0.2) is 32.7 Å². The molecule has 4 heterocycles. The molecule has 0 bridgehead atoms. The van der Waals surface area contributed by atoms with Crippen LogP contribution < -0.4 is 20.3 Å². The minimum absolute atomic E-state index is 0.0767. The third kappa shape index (κ3) is 4.58. The predicted molar refractivity (Wildman–Crippen MR) is 151 cm³/mol. The fourth-order valence-electron chi connectivity index (χ4n) is 4.83. The van der Waals surface area contributed by atoms with Crippen LogP contribution in [-0.2, 0) is 4.79 Å². The first-order chi connectivity index (χ1) is 17.9. The summed E-state index contributed by atoms with van der Waals surface area (Å²) in [5, 5.41) is 9.91. The number of amides is 1. The molecule has 10 heteroatoms. The number of thiazole rings is 1. The molecule has 0 aliphatic carbocycles. The average molecular weight is 533 g/mol. The molecule has 0 spiro atoms. The molecule has 0 saturated carbocycles. The molecule has 0 radical (unpaired) electrons. The van der Waals surface area contributed by atoms with Gasteiger partial charge in [-0.05, 0) is 62.0 Å². The maximum atomic E-state index is 12.0. The zero-order chi connectivity index (χ0) is 26.1. The van der Waals surface area contributed by atoms with Gasteiger partial charge in [-0.25, -0.2) is 4.98 Å². The van der Waals surface area contributed by atoms with Crippen molar-refractivity contribution < 1.29 is 9.53 Å². The van der Waals surface area contributed by atoms with Crippen molar-refractivity contribution in [2.75, 3.05) is 17.3 Å². The third-order valence-electron chi connectivity index (χ3n) is 6.56. The molecule has 2 N–H and O–H groups in total. The molecule has 4 aromatic rings. The highest BCUT2D eigenvalue weighted by Gasteiger charge is 2.42. The number of aryl methyl sites for hydroxylation is 1. The van der Waals surface area contributed by atoms with E-state index in [0.29, 0.717) is 23.0 Å². The van der Waals surface area contributed by atoms with Gasteiger partial charge in [0.1, 0.15) is 5.75 Å². The Kier molecular flexibility index (Phi) is 6.94. The summed E-state index contributed by atoms with van der Waals surface area (Å²) in [7, 11) is 1.59. The lowest BCUT2D eigenvalue weighted by Gasteiger charge is -2.28. The maximum Gasteiger partial charge on any atom is 0.224 e. The second-order valence-corrected chi connectivity index (χ2v) is 10.0. The molecule has 37 heavy (non-hydrogen) atoms. The van der Waals surface area contributed by atoms with E-state index in [0.717, 1.165) is 33.5 Å². The summed E-state index contributed by atoms with van der Waals surface area (Å²) < 4.78 is 7.83. The Bertz CT molecular complexity index is 1430. The van der Waals surface area contributed by atoms with Crippen LogP contribution in [0.3, 0.4) is 0 Å². The standard InChI is InChI=1S/C27H28N6O2S2/c1-5-23(34)30-20-10-9-18(15-22(20)35-4)33-25(24(31-26(33)36)21-8-6-7-11-28-21)19-14-16(2)32(17(19)3)27-29-12-13-37-27/h6-15,24-25H,5H2,1-4H3,(H,30,34)(H,31,36)/t24-,25-/m0/s1. The van der Waals surface area contributed by atoms with E-state index in [1.54, 1.807) is 24.6 Å². The largest absolute Gasteiger partial charge is 0.494 e. The van der Waals surface area contributed by atoms with Crippen molar-refractivity contribution in [1.82, 2.24) is 19.9 Å². The SMILES string of the molecule is CCC(=O)Nc1ccc(N2C(=S)N[C@@H](c3ccccn3)[C@@H]2c2cc(C)n(-c3nccs3)c2C)cc1OC. The van der Waals surface area contributed by atoms with Gasteiger partial charge >= 0.3 is 0 Å². The van der Waals surface area contributed by atoms with Crippen molar-refractivity contribution in [2.45, 2.75) is 39.3 Å². The Hall–Kier alpha value is -3.76. The normalized spacial score (nSPS) is 17.1. The minimum atomic E-state index is -0.178. The first-order valence-electron chi connectivity index (χ1n) is 12.0. The van der Waals surface area contributed by atoms with E-state index >= 15 is 0 Å². The van der Waals surface area contributed by atoms with Crippen LogP contribution in [0.4, 0.5) is 11.4 Å². The summed E-state index contributed by atoms with van der Waals surface area (Å²) in [6.45, 7) is 6.02. The van der Waals surface area contributed by atoms with Gasteiger partial charge in [0.25, 0.3) is 0 Å². The van der Waals surface area contributed by atoms with Crippen LogP contribution in [0.25, 0.3) is 5.13 Å². The highest BCUT2D eigenvalue weighted by Crippen LogP contribution is 2.45. The van der Waals surface area contributed by atoms with E-state index in [1.165, 1.54) is 0 Å². The summed E-state index contributed by atoms with van der Waals surface area (Å²) in [6.07, 6.45) is 4.00. The van der Waals surface area contributed by atoms with Gasteiger partial charge in [0, 0.05) is 47.3 Å². The fourth-order valence-corrected chi connectivity index (χ4v) is 5.93. The smallest absolute Gasteiger partial charge is 0.224 e. The first kappa shape index (κ1) is 24.9. The summed E-state index contributed by atoms with van der Waals surface area (Å²) >= 11 is 7.50. The van der Waals surface area contributed by atoms with Gasteiger partial charge in [-0.3, -0.25) is 14.3 Å². The van der Waals surface area contributed by atoms with Gasteiger partial charge in [-0.15, -0.1) is 11.3 Å². The zero-order valence-corrected chi connectivity index (χ0v) is 22.7. The van der Waals surface area contributed by atoms with Crippen molar-refractivity contribution >= 4 is 45.9 Å². The molecule has 2 atom stereocenters. The van der Waals surface area contributed by atoms with Crippen LogP contribution in [0, 0.1) is 13.8 Å². The number of nitrogens with one attached hydrogen (secondary N) is 2. The highest BCUT2D eigenvalue weighted by molar-refractivity contribution is 7.80. The number of thiocarbonyl (C=S) groups is 1. The van der Waals surface area contributed by atoms with Crippen molar-refractivity contribution in [3.8, 4) is 10.9 Å². The monoisotopic (exact) mass is 532 g/mol. The van der Waals surface area contributed by atoms with E-state index in [2.05, 4.69) is 50.0 Å². The molecule has 1 saturated heterocycles. The molecule has 1 fully saturated rings. The van der Waals surface area contributed by atoms with Crippen molar-refractivity contribution in [1.29, 1.82) is 0 Å². The topological polar surface area (TPSA) is 84.3 Å². The fraction of sp³-hybridized carbons (Fsp3) is 0.259. The Morgan fingerprint density at radius 1 is 1.19 bits per heavy atom. The van der Waals surface area contributed by atoms with Gasteiger partial charge in [0.2, 0.25) is 5.91 Å². The first-order valence-corrected chi connectivity index (χ1v) is 13.3. The molecule has 1 aromatic carbocycles. The Morgan fingerprint density at radius 2 is 2.03 bits per heavy atom. The summed E-state index contributed by atoms with van der Waals surface area (Å²) in [5.41, 5.74) is 5.68. The van der Waals surface area contributed by atoms with Crippen LogP contribution in [0.15, 0.2) is 60.2 Å². The van der Waals surface area contributed by atoms with Crippen molar-refractivity contribution in [3.63, 3.8) is 0 Å². The summed E-state index contributed by atoms with van der Waals surface area (Å²) in [5.74, 6) is 0.488. The number of nitrogens with zero attached hydrogens (tertiary/aromatic N) is 4. The second kappa shape index (κ2) is 10.3. The maximum absolute atomic E-state index is 12.0. The number of anilines is 2. The Balaban J connectivity index is 1.64. The molecular weight excluding hydrogens is 504 g/mol. The van der Waals surface area contributed by atoms with E-state index in [9.17, 15) is 4.79 Å². The molecular formula is C27H28N6O2S2. The number of carbonyl (C=O) groups is 1. The van der Waals surface area contributed by atoms with E-state index in [-0.39, 0.29) is 18.0 Å². The number of methoxy groups -OCH3 is 1. The Morgan fingerprint density at radius 3 is 2.70 bits per heavy atom. The Labute approximate surface area is 225 Å².